The zero-order valence-electron chi connectivity index (χ0n) is 10.7. The van der Waals surface area contributed by atoms with Crippen LogP contribution in [0.15, 0.2) is 29.3 Å². The maximum atomic E-state index is 12.7. The van der Waals surface area contributed by atoms with Crippen molar-refractivity contribution in [2.45, 2.75) is 32.2 Å². The number of hydrogen-bond acceptors (Lipinski definition) is 2. The van der Waals surface area contributed by atoms with Crippen molar-refractivity contribution in [2.24, 2.45) is 4.99 Å². The zero-order valence-corrected chi connectivity index (χ0v) is 11.5. The molecule has 0 saturated carbocycles. The molecule has 1 aliphatic heterocycles. The lowest BCUT2D eigenvalue weighted by atomic mass is 10.1. The average Bonchev–Trinajstić information content (AvgIpc) is 2.41. The van der Waals surface area contributed by atoms with Crippen LogP contribution in [0.4, 0.5) is 4.39 Å². The third-order valence-corrected chi connectivity index (χ3v) is 4.05. The molecule has 0 aliphatic carbocycles. The van der Waals surface area contributed by atoms with Gasteiger partial charge in [-0.2, -0.15) is 0 Å². The van der Waals surface area contributed by atoms with E-state index in [1.807, 2.05) is 12.1 Å². The molecule has 2 nitrogen and oxygen atoms in total. The smallest absolute Gasteiger partial charge is 0.156 e. The van der Waals surface area contributed by atoms with Gasteiger partial charge in [-0.05, 0) is 37.0 Å². The van der Waals surface area contributed by atoms with Crippen molar-refractivity contribution >= 4 is 16.9 Å². The second-order valence-electron chi connectivity index (χ2n) is 4.45. The highest BCUT2D eigenvalue weighted by Gasteiger charge is 2.14. The fourth-order valence-electron chi connectivity index (χ4n) is 1.92. The Morgan fingerprint density at radius 3 is 2.89 bits per heavy atom. The molecule has 1 fully saturated rings. The number of aliphatic imine (C=N–C) groups is 1. The Hall–Kier alpha value is -1.03. The van der Waals surface area contributed by atoms with Gasteiger partial charge in [0.15, 0.2) is 5.17 Å². The van der Waals surface area contributed by atoms with Crippen molar-refractivity contribution in [3.8, 4) is 0 Å². The van der Waals surface area contributed by atoms with Gasteiger partial charge in [0.2, 0.25) is 0 Å². The van der Waals surface area contributed by atoms with Crippen LogP contribution < -0.4 is 5.32 Å². The molecule has 1 aliphatic rings. The minimum absolute atomic E-state index is 0.180. The molecular weight excluding hydrogens is 247 g/mol. The number of thioether (sulfide) groups is 1. The summed E-state index contributed by atoms with van der Waals surface area (Å²) in [6, 6.07) is 7.24. The number of nitrogens with zero attached hydrogens (tertiary/aromatic N) is 1. The van der Waals surface area contributed by atoms with Gasteiger partial charge in [-0.1, -0.05) is 30.8 Å². The van der Waals surface area contributed by atoms with Gasteiger partial charge in [0.25, 0.3) is 0 Å². The lowest BCUT2D eigenvalue weighted by molar-refractivity contribution is 0.570. The second kappa shape index (κ2) is 6.78. The van der Waals surface area contributed by atoms with E-state index in [0.717, 1.165) is 35.9 Å². The molecule has 18 heavy (non-hydrogen) atoms. The third kappa shape index (κ3) is 4.02. The summed E-state index contributed by atoms with van der Waals surface area (Å²) in [6.45, 7) is 2.96. The van der Waals surface area contributed by atoms with E-state index >= 15 is 0 Å². The van der Waals surface area contributed by atoms with Gasteiger partial charge in [-0.25, -0.2) is 4.39 Å². The first-order valence-corrected chi connectivity index (χ1v) is 7.44. The molecule has 1 atom stereocenters. The predicted molar refractivity (Wildman–Crippen MR) is 76.7 cm³/mol. The second-order valence-corrected chi connectivity index (χ2v) is 5.53. The number of halogens is 1. The number of benzene rings is 1. The Kier molecular flexibility index (Phi) is 5.05. The largest absolute Gasteiger partial charge is 0.362 e. The SMILES string of the molecule is CCC1CCSC(=NCCc2ccc(F)cc2)N1. The van der Waals surface area contributed by atoms with Gasteiger partial charge >= 0.3 is 0 Å². The normalized spacial score (nSPS) is 21.9. The molecule has 0 aromatic heterocycles. The fourth-order valence-corrected chi connectivity index (χ4v) is 2.95. The number of nitrogens with one attached hydrogen (secondary N) is 1. The highest BCUT2D eigenvalue weighted by atomic mass is 32.2. The van der Waals surface area contributed by atoms with E-state index in [1.165, 1.54) is 18.6 Å². The van der Waals surface area contributed by atoms with Gasteiger partial charge < -0.3 is 5.32 Å². The van der Waals surface area contributed by atoms with Crippen LogP contribution in [0.1, 0.15) is 25.3 Å². The standard InChI is InChI=1S/C14H19FN2S/c1-2-13-8-10-18-14(17-13)16-9-7-11-3-5-12(15)6-4-11/h3-6,13H,2,7-10H2,1H3,(H,16,17). The number of rotatable bonds is 4. The van der Waals surface area contributed by atoms with E-state index in [0.29, 0.717) is 6.04 Å². The summed E-state index contributed by atoms with van der Waals surface area (Å²) >= 11 is 1.80. The quantitative estimate of drug-likeness (QED) is 0.905. The maximum absolute atomic E-state index is 12.7. The molecule has 0 spiro atoms. The first-order chi connectivity index (χ1) is 8.78. The molecule has 2 rings (SSSR count). The molecule has 0 bridgehead atoms. The third-order valence-electron chi connectivity index (χ3n) is 3.09. The van der Waals surface area contributed by atoms with E-state index in [4.69, 9.17) is 0 Å². The van der Waals surface area contributed by atoms with Crippen LogP contribution in [0.25, 0.3) is 0 Å². The van der Waals surface area contributed by atoms with Gasteiger partial charge in [0.1, 0.15) is 5.82 Å². The summed E-state index contributed by atoms with van der Waals surface area (Å²) in [5.41, 5.74) is 1.13. The van der Waals surface area contributed by atoms with Crippen molar-refractivity contribution < 1.29 is 4.39 Å². The summed E-state index contributed by atoms with van der Waals surface area (Å²) in [7, 11) is 0. The van der Waals surface area contributed by atoms with Gasteiger partial charge in [0.05, 0.1) is 0 Å². The molecule has 1 saturated heterocycles. The molecule has 98 valence electrons. The van der Waals surface area contributed by atoms with Crippen LogP contribution in [0.5, 0.6) is 0 Å². The summed E-state index contributed by atoms with van der Waals surface area (Å²) in [4.78, 5) is 4.57. The lowest BCUT2D eigenvalue weighted by Gasteiger charge is -2.24. The molecule has 1 N–H and O–H groups in total. The first kappa shape index (κ1) is 13.4. The molecular formula is C14H19FN2S. The molecule has 0 radical (unpaired) electrons. The van der Waals surface area contributed by atoms with E-state index < -0.39 is 0 Å². The predicted octanol–water partition coefficient (Wildman–Crippen LogP) is 3.23. The highest BCUT2D eigenvalue weighted by Crippen LogP contribution is 2.15. The van der Waals surface area contributed by atoms with E-state index in [1.54, 1.807) is 11.8 Å². The maximum Gasteiger partial charge on any atom is 0.156 e. The highest BCUT2D eigenvalue weighted by molar-refractivity contribution is 8.13. The molecule has 1 aromatic rings. The lowest BCUT2D eigenvalue weighted by Crippen LogP contribution is -2.37. The first-order valence-electron chi connectivity index (χ1n) is 6.46. The van der Waals surface area contributed by atoms with E-state index in [2.05, 4.69) is 17.2 Å². The van der Waals surface area contributed by atoms with Crippen molar-refractivity contribution in [1.82, 2.24) is 5.32 Å². The molecule has 1 heterocycles. The summed E-state index contributed by atoms with van der Waals surface area (Å²) < 4.78 is 12.7. The van der Waals surface area contributed by atoms with Crippen molar-refractivity contribution in [3.63, 3.8) is 0 Å². The van der Waals surface area contributed by atoms with Crippen molar-refractivity contribution in [2.75, 3.05) is 12.3 Å². The van der Waals surface area contributed by atoms with Crippen LogP contribution in [-0.4, -0.2) is 23.5 Å². The average molecular weight is 266 g/mol. The minimum Gasteiger partial charge on any atom is -0.362 e. The number of amidine groups is 1. The van der Waals surface area contributed by atoms with Crippen LogP contribution >= 0.6 is 11.8 Å². The summed E-state index contributed by atoms with van der Waals surface area (Å²) in [5, 5.41) is 4.52. The number of hydrogen-bond donors (Lipinski definition) is 1. The summed E-state index contributed by atoms with van der Waals surface area (Å²) in [6.07, 6.45) is 3.23. The monoisotopic (exact) mass is 266 g/mol. The Balaban J connectivity index is 1.81. The Morgan fingerprint density at radius 1 is 1.39 bits per heavy atom. The van der Waals surface area contributed by atoms with Crippen LogP contribution in [0, 0.1) is 5.82 Å². The Bertz CT molecular complexity index is 403. The van der Waals surface area contributed by atoms with Crippen molar-refractivity contribution in [3.05, 3.63) is 35.6 Å². The topological polar surface area (TPSA) is 24.4 Å². The Labute approximate surface area is 112 Å². The molecule has 1 aromatic carbocycles. The molecule has 0 amide bonds. The van der Waals surface area contributed by atoms with E-state index in [-0.39, 0.29) is 5.82 Å². The summed E-state index contributed by atoms with van der Waals surface area (Å²) in [5.74, 6) is 0.973. The van der Waals surface area contributed by atoms with Gasteiger partial charge in [-0.15, -0.1) is 0 Å². The van der Waals surface area contributed by atoms with Gasteiger partial charge in [0, 0.05) is 18.3 Å². The fraction of sp³-hybridized carbons (Fsp3) is 0.500. The molecule has 1 unspecified atom stereocenters. The Morgan fingerprint density at radius 2 is 2.17 bits per heavy atom. The van der Waals surface area contributed by atoms with E-state index in [9.17, 15) is 4.39 Å². The molecule has 4 heteroatoms. The van der Waals surface area contributed by atoms with Gasteiger partial charge in [-0.3, -0.25) is 4.99 Å². The minimum atomic E-state index is -0.180. The van der Waals surface area contributed by atoms with Crippen molar-refractivity contribution in [1.29, 1.82) is 0 Å². The van der Waals surface area contributed by atoms with Crippen LogP contribution in [0.2, 0.25) is 0 Å². The van der Waals surface area contributed by atoms with Crippen LogP contribution in [-0.2, 0) is 6.42 Å². The van der Waals surface area contributed by atoms with Crippen LogP contribution in [0.3, 0.4) is 0 Å². The zero-order chi connectivity index (χ0) is 12.8.